The first-order valence-electron chi connectivity index (χ1n) is 6.36. The summed E-state index contributed by atoms with van der Waals surface area (Å²) in [4.78, 5) is 28.1. The zero-order valence-electron chi connectivity index (χ0n) is 11.4. The van der Waals surface area contributed by atoms with Crippen LogP contribution in [0.3, 0.4) is 0 Å². The maximum Gasteiger partial charge on any atom is 0.331 e. The number of benzene rings is 1. The third-order valence-electron chi connectivity index (χ3n) is 3.12. The fraction of sp³-hybridized carbons (Fsp3) is 0.0714. The van der Waals surface area contributed by atoms with Crippen molar-refractivity contribution in [2.45, 2.75) is 6.04 Å². The van der Waals surface area contributed by atoms with Crippen molar-refractivity contribution in [1.82, 2.24) is 14.7 Å². The van der Waals surface area contributed by atoms with E-state index in [0.717, 1.165) is 12.1 Å². The molecule has 1 unspecified atom stereocenters. The topological polar surface area (TPSA) is 83.7 Å². The number of imidazole rings is 1. The van der Waals surface area contributed by atoms with Crippen LogP contribution in [-0.4, -0.2) is 26.4 Å². The second-order valence-electron chi connectivity index (χ2n) is 4.63. The average molecular weight is 337 g/mol. The van der Waals surface area contributed by atoms with Gasteiger partial charge in [-0.3, -0.25) is 9.20 Å². The van der Waals surface area contributed by atoms with Crippen LogP contribution < -0.4 is 5.32 Å². The van der Waals surface area contributed by atoms with Gasteiger partial charge in [0.25, 0.3) is 5.91 Å². The molecule has 0 fully saturated rings. The monoisotopic (exact) mass is 337 g/mol. The van der Waals surface area contributed by atoms with E-state index in [1.54, 1.807) is 16.0 Å². The Morgan fingerprint density at radius 3 is 2.78 bits per heavy atom. The Bertz CT molecular complexity index is 877. The number of fused-ring (bicyclic) bond motifs is 1. The molecule has 1 aromatic carbocycles. The molecule has 2 aromatic heterocycles. The second kappa shape index (κ2) is 5.76. The van der Waals surface area contributed by atoms with Gasteiger partial charge in [-0.05, 0) is 6.07 Å². The van der Waals surface area contributed by atoms with E-state index < -0.39 is 29.6 Å². The molecule has 0 radical (unpaired) electrons. The molecule has 118 valence electrons. The van der Waals surface area contributed by atoms with E-state index >= 15 is 0 Å². The van der Waals surface area contributed by atoms with Crippen LogP contribution in [0.15, 0.2) is 36.0 Å². The van der Waals surface area contributed by atoms with Gasteiger partial charge in [0.1, 0.15) is 17.3 Å². The molecule has 0 saturated heterocycles. The number of amides is 1. The molecule has 0 aliphatic rings. The maximum atomic E-state index is 13.8. The van der Waals surface area contributed by atoms with Gasteiger partial charge in [-0.15, -0.1) is 11.3 Å². The molecule has 2 heterocycles. The van der Waals surface area contributed by atoms with Crippen LogP contribution in [-0.2, 0) is 4.79 Å². The lowest BCUT2D eigenvalue weighted by atomic mass is 10.1. The number of halogens is 2. The summed E-state index contributed by atoms with van der Waals surface area (Å²) in [5.74, 6) is -4.12. The predicted molar refractivity (Wildman–Crippen MR) is 77.3 cm³/mol. The number of aromatic nitrogens is 2. The summed E-state index contributed by atoms with van der Waals surface area (Å²) in [6.45, 7) is 0. The minimum absolute atomic E-state index is 0.00520. The molecule has 3 aromatic rings. The zero-order chi connectivity index (χ0) is 16.6. The third-order valence-corrected chi connectivity index (χ3v) is 3.89. The molecule has 6 nitrogen and oxygen atoms in total. The van der Waals surface area contributed by atoms with Crippen LogP contribution in [0.5, 0.6) is 0 Å². The number of rotatable bonds is 4. The number of carbonyl (C=O) groups is 2. The van der Waals surface area contributed by atoms with E-state index in [-0.39, 0.29) is 11.3 Å². The van der Waals surface area contributed by atoms with Gasteiger partial charge in [0, 0.05) is 29.4 Å². The predicted octanol–water partition coefficient (Wildman–Crippen LogP) is 2.23. The van der Waals surface area contributed by atoms with Crippen LogP contribution >= 0.6 is 11.3 Å². The van der Waals surface area contributed by atoms with Gasteiger partial charge < -0.3 is 10.4 Å². The molecule has 3 rings (SSSR count). The highest BCUT2D eigenvalue weighted by atomic mass is 32.1. The summed E-state index contributed by atoms with van der Waals surface area (Å²) < 4.78 is 28.3. The van der Waals surface area contributed by atoms with Crippen LogP contribution in [0.1, 0.15) is 22.1 Å². The van der Waals surface area contributed by atoms with E-state index in [9.17, 15) is 23.5 Å². The van der Waals surface area contributed by atoms with Crippen LogP contribution in [0.25, 0.3) is 4.96 Å². The molecule has 0 saturated carbocycles. The maximum absolute atomic E-state index is 13.8. The highest BCUT2D eigenvalue weighted by molar-refractivity contribution is 7.15. The molecule has 0 aliphatic heterocycles. The highest BCUT2D eigenvalue weighted by Crippen LogP contribution is 2.19. The fourth-order valence-electron chi connectivity index (χ4n) is 2.05. The lowest BCUT2D eigenvalue weighted by Crippen LogP contribution is -2.34. The number of hydrogen-bond donors (Lipinski definition) is 2. The van der Waals surface area contributed by atoms with Crippen molar-refractivity contribution in [3.63, 3.8) is 0 Å². The van der Waals surface area contributed by atoms with Crippen molar-refractivity contribution in [3.8, 4) is 0 Å². The largest absolute Gasteiger partial charge is 0.479 e. The van der Waals surface area contributed by atoms with Crippen molar-refractivity contribution >= 4 is 28.2 Å². The lowest BCUT2D eigenvalue weighted by molar-refractivity contribution is -0.139. The Kier molecular flexibility index (Phi) is 3.78. The molecule has 2 N–H and O–H groups in total. The Labute approximate surface area is 132 Å². The summed E-state index contributed by atoms with van der Waals surface area (Å²) >= 11 is 1.31. The number of carboxylic acids is 1. The Morgan fingerprint density at radius 1 is 1.35 bits per heavy atom. The van der Waals surface area contributed by atoms with Crippen molar-refractivity contribution < 1.29 is 23.5 Å². The molecule has 0 aliphatic carbocycles. The standard InChI is InChI=1S/C14H9F2N3O3S/c15-7-1-2-8(9(16)5-7)11(13(21)22)18-12(20)10-6-19-3-4-23-14(19)17-10/h1-6,11H,(H,18,20)(H,21,22). The van der Waals surface area contributed by atoms with Crippen molar-refractivity contribution in [2.75, 3.05) is 0 Å². The van der Waals surface area contributed by atoms with Crippen molar-refractivity contribution in [1.29, 1.82) is 0 Å². The normalized spacial score (nSPS) is 12.3. The Hall–Kier alpha value is -2.81. The molecule has 23 heavy (non-hydrogen) atoms. The van der Waals surface area contributed by atoms with E-state index in [1.807, 2.05) is 0 Å². The minimum atomic E-state index is -1.65. The van der Waals surface area contributed by atoms with Gasteiger partial charge in [-0.1, -0.05) is 6.07 Å². The number of nitrogens with zero attached hydrogens (tertiary/aromatic N) is 2. The van der Waals surface area contributed by atoms with Gasteiger partial charge in [0.15, 0.2) is 11.0 Å². The Balaban J connectivity index is 1.88. The first kappa shape index (κ1) is 15.1. The van der Waals surface area contributed by atoms with Gasteiger partial charge in [-0.25, -0.2) is 18.6 Å². The summed E-state index contributed by atoms with van der Waals surface area (Å²) in [5.41, 5.74) is -0.334. The van der Waals surface area contributed by atoms with Crippen LogP contribution in [0.4, 0.5) is 8.78 Å². The van der Waals surface area contributed by atoms with Gasteiger partial charge in [0.05, 0.1) is 0 Å². The summed E-state index contributed by atoms with van der Waals surface area (Å²) in [5, 5.41) is 13.2. The van der Waals surface area contributed by atoms with Crippen molar-refractivity contribution in [3.05, 3.63) is 58.9 Å². The molecular weight excluding hydrogens is 328 g/mol. The Morgan fingerprint density at radius 2 is 2.13 bits per heavy atom. The smallest absolute Gasteiger partial charge is 0.331 e. The van der Waals surface area contributed by atoms with Gasteiger partial charge >= 0.3 is 5.97 Å². The molecule has 0 spiro atoms. The number of carboxylic acid groups (broad SMARTS) is 1. The van der Waals surface area contributed by atoms with E-state index in [2.05, 4.69) is 10.3 Å². The number of thiazole rings is 1. The summed E-state index contributed by atoms with van der Waals surface area (Å²) in [6, 6.07) is 0.815. The fourth-order valence-corrected chi connectivity index (χ4v) is 2.75. The van der Waals surface area contributed by atoms with Crippen molar-refractivity contribution in [2.24, 2.45) is 0 Å². The summed E-state index contributed by atoms with van der Waals surface area (Å²) in [6.07, 6.45) is 3.12. The van der Waals surface area contributed by atoms with Gasteiger partial charge in [-0.2, -0.15) is 0 Å². The minimum Gasteiger partial charge on any atom is -0.479 e. The number of carbonyl (C=O) groups excluding carboxylic acids is 1. The second-order valence-corrected chi connectivity index (χ2v) is 5.50. The molecule has 9 heteroatoms. The van der Waals surface area contributed by atoms with E-state index in [1.165, 1.54) is 17.5 Å². The molecule has 1 atom stereocenters. The first-order chi connectivity index (χ1) is 11.0. The molecule has 1 amide bonds. The van der Waals surface area contributed by atoms with Crippen LogP contribution in [0, 0.1) is 11.6 Å². The third kappa shape index (κ3) is 2.90. The lowest BCUT2D eigenvalue weighted by Gasteiger charge is -2.14. The first-order valence-corrected chi connectivity index (χ1v) is 7.24. The number of nitrogens with one attached hydrogen (secondary N) is 1. The van der Waals surface area contributed by atoms with E-state index in [0.29, 0.717) is 11.0 Å². The molecular formula is C14H9F2N3O3S. The summed E-state index contributed by atoms with van der Waals surface area (Å²) in [7, 11) is 0. The quantitative estimate of drug-likeness (QED) is 0.765. The van der Waals surface area contributed by atoms with Crippen LogP contribution in [0.2, 0.25) is 0 Å². The number of hydrogen-bond acceptors (Lipinski definition) is 4. The highest BCUT2D eigenvalue weighted by Gasteiger charge is 2.26. The molecule has 0 bridgehead atoms. The van der Waals surface area contributed by atoms with Gasteiger partial charge in [0.2, 0.25) is 0 Å². The number of aliphatic carboxylic acids is 1. The van der Waals surface area contributed by atoms with E-state index in [4.69, 9.17) is 0 Å². The SMILES string of the molecule is O=C(NC(C(=O)O)c1ccc(F)cc1F)c1cn2ccsc2n1. The zero-order valence-corrected chi connectivity index (χ0v) is 12.2. The average Bonchev–Trinajstić information content (AvgIpc) is 3.06.